The zero-order valence-corrected chi connectivity index (χ0v) is 12.5. The molecule has 3 heteroatoms. The van der Waals surface area contributed by atoms with E-state index in [9.17, 15) is 9.50 Å². The Labute approximate surface area is 121 Å². The van der Waals surface area contributed by atoms with Crippen LogP contribution in [0.25, 0.3) is 0 Å². The quantitative estimate of drug-likeness (QED) is 0.883. The Balaban J connectivity index is 2.28. The van der Waals surface area contributed by atoms with Gasteiger partial charge in [0, 0.05) is 10.9 Å². The van der Waals surface area contributed by atoms with Crippen LogP contribution in [0.2, 0.25) is 0 Å². The van der Waals surface area contributed by atoms with Crippen LogP contribution in [0.15, 0.2) is 40.9 Å². The summed E-state index contributed by atoms with van der Waals surface area (Å²) < 4.78 is 14.1. The van der Waals surface area contributed by atoms with E-state index in [2.05, 4.69) is 15.9 Å². The van der Waals surface area contributed by atoms with Crippen LogP contribution in [-0.4, -0.2) is 5.11 Å². The third kappa shape index (κ3) is 3.23. The summed E-state index contributed by atoms with van der Waals surface area (Å²) in [5.74, 6) is -0.286. The van der Waals surface area contributed by atoms with Gasteiger partial charge in [-0.3, -0.25) is 0 Å². The van der Waals surface area contributed by atoms with E-state index in [4.69, 9.17) is 0 Å². The van der Waals surface area contributed by atoms with Gasteiger partial charge in [-0.15, -0.1) is 0 Å². The topological polar surface area (TPSA) is 20.2 Å². The van der Waals surface area contributed by atoms with Crippen molar-refractivity contribution in [3.05, 3.63) is 68.9 Å². The lowest BCUT2D eigenvalue weighted by atomic mass is 9.95. The van der Waals surface area contributed by atoms with Crippen LogP contribution in [-0.2, 0) is 6.42 Å². The summed E-state index contributed by atoms with van der Waals surface area (Å²) in [6, 6.07) is 10.4. The molecule has 100 valence electrons. The fourth-order valence-corrected chi connectivity index (χ4v) is 2.56. The maximum atomic E-state index is 13.2. The SMILES string of the molecule is Cc1cccc(C(O)Cc2cc(F)ccc2Br)c1C. The minimum Gasteiger partial charge on any atom is -0.388 e. The Bertz CT molecular complexity index is 595. The van der Waals surface area contributed by atoms with E-state index >= 15 is 0 Å². The molecule has 19 heavy (non-hydrogen) atoms. The molecule has 2 aromatic carbocycles. The van der Waals surface area contributed by atoms with Crippen molar-refractivity contribution in [2.24, 2.45) is 0 Å². The van der Waals surface area contributed by atoms with Crippen LogP contribution in [0.1, 0.15) is 28.4 Å². The molecule has 1 unspecified atom stereocenters. The smallest absolute Gasteiger partial charge is 0.123 e. The molecular weight excluding hydrogens is 307 g/mol. The maximum absolute atomic E-state index is 13.2. The van der Waals surface area contributed by atoms with Crippen LogP contribution >= 0.6 is 15.9 Å². The molecule has 0 aliphatic heterocycles. The molecule has 0 amide bonds. The highest BCUT2D eigenvalue weighted by atomic mass is 79.9. The summed E-state index contributed by atoms with van der Waals surface area (Å²) >= 11 is 3.39. The number of aryl methyl sites for hydroxylation is 1. The van der Waals surface area contributed by atoms with E-state index in [0.717, 1.165) is 26.7 Å². The first-order valence-corrected chi connectivity index (χ1v) is 6.96. The predicted octanol–water partition coefficient (Wildman–Crippen LogP) is 4.48. The Morgan fingerprint density at radius 1 is 1.21 bits per heavy atom. The monoisotopic (exact) mass is 322 g/mol. The van der Waals surface area contributed by atoms with Crippen molar-refractivity contribution in [2.75, 3.05) is 0 Å². The van der Waals surface area contributed by atoms with Crippen molar-refractivity contribution in [1.29, 1.82) is 0 Å². The molecule has 0 spiro atoms. The van der Waals surface area contributed by atoms with E-state index in [-0.39, 0.29) is 5.82 Å². The van der Waals surface area contributed by atoms with Crippen molar-refractivity contribution in [1.82, 2.24) is 0 Å². The Kier molecular flexibility index (Phi) is 4.38. The molecule has 0 aliphatic carbocycles. The van der Waals surface area contributed by atoms with Crippen molar-refractivity contribution in [3.63, 3.8) is 0 Å². The second-order valence-electron chi connectivity index (χ2n) is 4.74. The Morgan fingerprint density at radius 2 is 1.95 bits per heavy atom. The number of aliphatic hydroxyl groups excluding tert-OH is 1. The van der Waals surface area contributed by atoms with Gasteiger partial charge in [-0.1, -0.05) is 34.1 Å². The summed E-state index contributed by atoms with van der Waals surface area (Å²) in [4.78, 5) is 0. The number of benzene rings is 2. The van der Waals surface area contributed by atoms with Gasteiger partial charge in [-0.25, -0.2) is 4.39 Å². The van der Waals surface area contributed by atoms with Crippen LogP contribution in [0.4, 0.5) is 4.39 Å². The van der Waals surface area contributed by atoms with Gasteiger partial charge in [-0.2, -0.15) is 0 Å². The average molecular weight is 323 g/mol. The highest BCUT2D eigenvalue weighted by Crippen LogP contribution is 2.27. The fraction of sp³-hybridized carbons (Fsp3) is 0.250. The minimum atomic E-state index is -0.627. The molecule has 0 aliphatic rings. The molecule has 1 N–H and O–H groups in total. The van der Waals surface area contributed by atoms with E-state index < -0.39 is 6.10 Å². The van der Waals surface area contributed by atoms with E-state index in [0.29, 0.717) is 6.42 Å². The number of aliphatic hydroxyl groups is 1. The molecule has 0 heterocycles. The zero-order valence-electron chi connectivity index (χ0n) is 11.0. The van der Waals surface area contributed by atoms with Crippen molar-refractivity contribution >= 4 is 15.9 Å². The molecule has 0 bridgehead atoms. The second kappa shape index (κ2) is 5.85. The maximum Gasteiger partial charge on any atom is 0.123 e. The largest absolute Gasteiger partial charge is 0.388 e. The fourth-order valence-electron chi connectivity index (χ4n) is 2.15. The first-order chi connectivity index (χ1) is 8.99. The molecular formula is C16H16BrFO. The molecule has 2 aromatic rings. The molecule has 0 saturated heterocycles. The lowest BCUT2D eigenvalue weighted by Gasteiger charge is -2.16. The van der Waals surface area contributed by atoms with Crippen LogP contribution in [0, 0.1) is 19.7 Å². The first kappa shape index (κ1) is 14.2. The summed E-state index contributed by atoms with van der Waals surface area (Å²) in [6.07, 6.45) is -0.235. The van der Waals surface area contributed by atoms with Gasteiger partial charge in [0.2, 0.25) is 0 Å². The Morgan fingerprint density at radius 3 is 2.68 bits per heavy atom. The van der Waals surface area contributed by atoms with Gasteiger partial charge in [-0.05, 0) is 54.3 Å². The van der Waals surface area contributed by atoms with Crippen molar-refractivity contribution in [3.8, 4) is 0 Å². The molecule has 2 rings (SSSR count). The van der Waals surface area contributed by atoms with E-state index in [1.54, 1.807) is 6.07 Å². The van der Waals surface area contributed by atoms with E-state index in [1.807, 2.05) is 32.0 Å². The van der Waals surface area contributed by atoms with Crippen LogP contribution in [0.3, 0.4) is 0 Å². The second-order valence-corrected chi connectivity index (χ2v) is 5.60. The van der Waals surface area contributed by atoms with Gasteiger partial charge in [0.15, 0.2) is 0 Å². The van der Waals surface area contributed by atoms with Crippen molar-refractivity contribution in [2.45, 2.75) is 26.4 Å². The van der Waals surface area contributed by atoms with Crippen LogP contribution in [0.5, 0.6) is 0 Å². The minimum absolute atomic E-state index is 0.286. The van der Waals surface area contributed by atoms with Gasteiger partial charge in [0.1, 0.15) is 5.82 Å². The summed E-state index contributed by atoms with van der Waals surface area (Å²) in [5, 5.41) is 10.4. The molecule has 0 saturated carbocycles. The average Bonchev–Trinajstić information content (AvgIpc) is 2.37. The summed E-state index contributed by atoms with van der Waals surface area (Å²) in [5.41, 5.74) is 3.90. The third-order valence-electron chi connectivity index (χ3n) is 3.43. The molecule has 0 fully saturated rings. The molecule has 1 nitrogen and oxygen atoms in total. The zero-order chi connectivity index (χ0) is 14.0. The predicted molar refractivity (Wildman–Crippen MR) is 78.7 cm³/mol. The molecule has 0 aromatic heterocycles. The number of rotatable bonds is 3. The standard InChI is InChI=1S/C16H16BrFO/c1-10-4-3-5-14(11(10)2)16(19)9-12-8-13(18)6-7-15(12)17/h3-8,16,19H,9H2,1-2H3. The highest BCUT2D eigenvalue weighted by molar-refractivity contribution is 9.10. The summed E-state index contributed by atoms with van der Waals surface area (Å²) in [6.45, 7) is 4.01. The van der Waals surface area contributed by atoms with Gasteiger partial charge in [0.25, 0.3) is 0 Å². The number of hydrogen-bond donors (Lipinski definition) is 1. The lowest BCUT2D eigenvalue weighted by molar-refractivity contribution is 0.177. The van der Waals surface area contributed by atoms with Gasteiger partial charge >= 0.3 is 0 Å². The first-order valence-electron chi connectivity index (χ1n) is 6.17. The molecule has 1 atom stereocenters. The van der Waals surface area contributed by atoms with E-state index in [1.165, 1.54) is 12.1 Å². The third-order valence-corrected chi connectivity index (χ3v) is 4.20. The highest BCUT2D eigenvalue weighted by Gasteiger charge is 2.14. The van der Waals surface area contributed by atoms with Crippen molar-refractivity contribution < 1.29 is 9.50 Å². The van der Waals surface area contributed by atoms with Gasteiger partial charge < -0.3 is 5.11 Å². The van der Waals surface area contributed by atoms with Gasteiger partial charge in [0.05, 0.1) is 6.10 Å². The number of hydrogen-bond acceptors (Lipinski definition) is 1. The lowest BCUT2D eigenvalue weighted by Crippen LogP contribution is -2.05. The summed E-state index contributed by atoms with van der Waals surface area (Å²) in [7, 11) is 0. The number of halogens is 2. The Hall–Kier alpha value is -1.19. The normalized spacial score (nSPS) is 12.5. The molecule has 0 radical (unpaired) electrons. The van der Waals surface area contributed by atoms with Crippen LogP contribution < -0.4 is 0 Å².